The van der Waals surface area contributed by atoms with Gasteiger partial charge in [-0.3, -0.25) is 9.78 Å². The highest BCUT2D eigenvalue weighted by molar-refractivity contribution is 9.10. The third kappa shape index (κ3) is 4.13. The van der Waals surface area contributed by atoms with E-state index in [0.29, 0.717) is 22.8 Å². The van der Waals surface area contributed by atoms with Crippen molar-refractivity contribution in [2.75, 3.05) is 21.3 Å². The number of halogens is 1. The highest BCUT2D eigenvalue weighted by Gasteiger charge is 2.13. The van der Waals surface area contributed by atoms with E-state index in [4.69, 9.17) is 14.2 Å². The largest absolute Gasteiger partial charge is 0.496 e. The number of rotatable bonds is 6. The number of hydrogen-bond acceptors (Lipinski definition) is 5. The number of nitrogens with zero attached hydrogens (tertiary/aromatic N) is 1. The van der Waals surface area contributed by atoms with Crippen molar-refractivity contribution < 1.29 is 19.0 Å². The van der Waals surface area contributed by atoms with E-state index in [0.717, 1.165) is 10.0 Å². The van der Waals surface area contributed by atoms with Crippen LogP contribution in [0.2, 0.25) is 0 Å². The summed E-state index contributed by atoms with van der Waals surface area (Å²) in [5, 5.41) is 2.83. The summed E-state index contributed by atoms with van der Waals surface area (Å²) < 4.78 is 16.6. The highest BCUT2D eigenvalue weighted by atomic mass is 79.9. The lowest BCUT2D eigenvalue weighted by atomic mass is 10.1. The second-order valence-electron chi connectivity index (χ2n) is 4.59. The number of pyridine rings is 1. The Morgan fingerprint density at radius 2 is 1.70 bits per heavy atom. The van der Waals surface area contributed by atoms with Crippen LogP contribution in [-0.2, 0) is 6.54 Å². The van der Waals surface area contributed by atoms with Gasteiger partial charge in [0.05, 0.1) is 26.9 Å². The van der Waals surface area contributed by atoms with Crippen LogP contribution in [0.25, 0.3) is 0 Å². The van der Waals surface area contributed by atoms with Crippen molar-refractivity contribution in [1.29, 1.82) is 0 Å². The molecular formula is C16H17BrN2O4. The Morgan fingerprint density at radius 1 is 1.04 bits per heavy atom. The molecule has 0 atom stereocenters. The minimum Gasteiger partial charge on any atom is -0.496 e. The molecule has 0 bridgehead atoms. The van der Waals surface area contributed by atoms with E-state index in [1.165, 1.54) is 6.20 Å². The molecule has 0 aliphatic carbocycles. The zero-order chi connectivity index (χ0) is 16.8. The van der Waals surface area contributed by atoms with Gasteiger partial charge in [-0.25, -0.2) is 0 Å². The average molecular weight is 381 g/mol. The molecule has 0 radical (unpaired) electrons. The van der Waals surface area contributed by atoms with E-state index < -0.39 is 0 Å². The lowest BCUT2D eigenvalue weighted by molar-refractivity contribution is 0.0950. The highest BCUT2D eigenvalue weighted by Crippen LogP contribution is 2.34. The number of benzene rings is 1. The molecule has 7 heteroatoms. The van der Waals surface area contributed by atoms with E-state index in [2.05, 4.69) is 26.2 Å². The lowest BCUT2D eigenvalue weighted by Crippen LogP contribution is -2.23. The molecule has 1 aromatic heterocycles. The van der Waals surface area contributed by atoms with Gasteiger partial charge < -0.3 is 19.5 Å². The molecular weight excluding hydrogens is 364 g/mol. The van der Waals surface area contributed by atoms with E-state index in [9.17, 15) is 4.79 Å². The Bertz CT molecular complexity index is 706. The Kier molecular flexibility index (Phi) is 5.81. The molecule has 2 aromatic rings. The van der Waals surface area contributed by atoms with Gasteiger partial charge in [0, 0.05) is 35.0 Å². The average Bonchev–Trinajstić information content (AvgIpc) is 2.58. The molecule has 1 aromatic carbocycles. The maximum atomic E-state index is 12.2. The molecule has 1 heterocycles. The molecule has 122 valence electrons. The molecule has 1 amide bonds. The van der Waals surface area contributed by atoms with Crippen molar-refractivity contribution in [2.45, 2.75) is 6.54 Å². The van der Waals surface area contributed by atoms with Gasteiger partial charge in [0.15, 0.2) is 11.5 Å². The Morgan fingerprint density at radius 3 is 2.30 bits per heavy atom. The standard InChI is InChI=1S/C16H17BrN2O4/c1-21-13-6-15(23-3)14(22-2)5-10(13)8-19-16(20)11-4-12(17)9-18-7-11/h4-7,9H,8H2,1-3H3,(H,19,20). The minimum atomic E-state index is -0.226. The molecule has 0 aliphatic rings. The maximum Gasteiger partial charge on any atom is 0.253 e. The molecule has 6 nitrogen and oxygen atoms in total. The van der Waals surface area contributed by atoms with Crippen molar-refractivity contribution in [1.82, 2.24) is 10.3 Å². The lowest BCUT2D eigenvalue weighted by Gasteiger charge is -2.14. The number of nitrogens with one attached hydrogen (secondary N) is 1. The number of amides is 1. The van der Waals surface area contributed by atoms with Crippen LogP contribution in [-0.4, -0.2) is 32.2 Å². The summed E-state index contributed by atoms with van der Waals surface area (Å²) >= 11 is 3.29. The van der Waals surface area contributed by atoms with Gasteiger partial charge in [-0.05, 0) is 28.1 Å². The number of carbonyl (C=O) groups excluding carboxylic acids is 1. The van der Waals surface area contributed by atoms with Gasteiger partial charge >= 0.3 is 0 Å². The molecule has 1 N–H and O–H groups in total. The second kappa shape index (κ2) is 7.82. The van der Waals surface area contributed by atoms with Crippen LogP contribution in [0.15, 0.2) is 35.1 Å². The van der Waals surface area contributed by atoms with Gasteiger partial charge in [0.1, 0.15) is 5.75 Å². The predicted molar refractivity (Wildman–Crippen MR) is 89.2 cm³/mol. The second-order valence-corrected chi connectivity index (χ2v) is 5.51. The van der Waals surface area contributed by atoms with Gasteiger partial charge in [-0.2, -0.15) is 0 Å². The van der Waals surface area contributed by atoms with Crippen molar-refractivity contribution in [3.05, 3.63) is 46.2 Å². The smallest absolute Gasteiger partial charge is 0.253 e. The fraction of sp³-hybridized carbons (Fsp3) is 0.250. The van der Waals surface area contributed by atoms with Crippen molar-refractivity contribution in [3.63, 3.8) is 0 Å². The van der Waals surface area contributed by atoms with Crippen LogP contribution in [0.1, 0.15) is 15.9 Å². The van der Waals surface area contributed by atoms with E-state index >= 15 is 0 Å². The molecule has 23 heavy (non-hydrogen) atoms. The molecule has 0 spiro atoms. The third-order valence-electron chi connectivity index (χ3n) is 3.19. The number of carbonyl (C=O) groups is 1. The van der Waals surface area contributed by atoms with Crippen LogP contribution in [0.5, 0.6) is 17.2 Å². The zero-order valence-electron chi connectivity index (χ0n) is 13.1. The van der Waals surface area contributed by atoms with Crippen LogP contribution in [0.3, 0.4) is 0 Å². The summed E-state index contributed by atoms with van der Waals surface area (Å²) in [6, 6.07) is 5.20. The summed E-state index contributed by atoms with van der Waals surface area (Å²) in [5.74, 6) is 1.52. The molecule has 2 rings (SSSR count). The van der Waals surface area contributed by atoms with Crippen LogP contribution < -0.4 is 19.5 Å². The van der Waals surface area contributed by atoms with E-state index in [1.807, 2.05) is 0 Å². The van der Waals surface area contributed by atoms with Crippen LogP contribution in [0, 0.1) is 0 Å². The monoisotopic (exact) mass is 380 g/mol. The third-order valence-corrected chi connectivity index (χ3v) is 3.63. The molecule has 0 unspecified atom stereocenters. The first kappa shape index (κ1) is 17.1. The SMILES string of the molecule is COc1cc(OC)c(OC)cc1CNC(=O)c1cncc(Br)c1. The summed E-state index contributed by atoms with van der Waals surface area (Å²) in [6.07, 6.45) is 3.13. The predicted octanol–water partition coefficient (Wildman–Crippen LogP) is 2.80. The first-order valence-corrected chi connectivity index (χ1v) is 7.56. The summed E-state index contributed by atoms with van der Waals surface area (Å²) in [5.41, 5.74) is 1.25. The Balaban J connectivity index is 2.17. The van der Waals surface area contributed by atoms with Gasteiger partial charge in [-0.1, -0.05) is 0 Å². The summed E-state index contributed by atoms with van der Waals surface area (Å²) in [4.78, 5) is 16.2. The van der Waals surface area contributed by atoms with Gasteiger partial charge in [0.2, 0.25) is 0 Å². The van der Waals surface area contributed by atoms with Crippen LogP contribution in [0.4, 0.5) is 0 Å². The van der Waals surface area contributed by atoms with Crippen molar-refractivity contribution in [3.8, 4) is 17.2 Å². The quantitative estimate of drug-likeness (QED) is 0.834. The number of ether oxygens (including phenoxy) is 3. The van der Waals surface area contributed by atoms with Crippen molar-refractivity contribution in [2.24, 2.45) is 0 Å². The molecule has 0 saturated heterocycles. The topological polar surface area (TPSA) is 69.7 Å². The fourth-order valence-electron chi connectivity index (χ4n) is 2.04. The maximum absolute atomic E-state index is 12.2. The van der Waals surface area contributed by atoms with Crippen LogP contribution >= 0.6 is 15.9 Å². The van der Waals surface area contributed by atoms with Gasteiger partial charge in [0.25, 0.3) is 5.91 Å². The first-order valence-electron chi connectivity index (χ1n) is 6.76. The first-order chi connectivity index (χ1) is 11.1. The molecule has 0 aliphatic heterocycles. The number of aromatic nitrogens is 1. The summed E-state index contributed by atoms with van der Waals surface area (Å²) in [6.45, 7) is 0.287. The molecule has 0 fully saturated rings. The number of hydrogen-bond donors (Lipinski definition) is 1. The number of methoxy groups -OCH3 is 3. The fourth-order valence-corrected chi connectivity index (χ4v) is 2.41. The Labute approximate surface area is 142 Å². The summed E-state index contributed by atoms with van der Waals surface area (Å²) in [7, 11) is 4.67. The van der Waals surface area contributed by atoms with E-state index in [1.54, 1.807) is 45.7 Å². The molecule has 0 saturated carbocycles. The zero-order valence-corrected chi connectivity index (χ0v) is 14.6. The van der Waals surface area contributed by atoms with E-state index in [-0.39, 0.29) is 12.5 Å². The normalized spacial score (nSPS) is 10.1. The minimum absolute atomic E-state index is 0.226. The van der Waals surface area contributed by atoms with Gasteiger partial charge in [-0.15, -0.1) is 0 Å². The Hall–Kier alpha value is -2.28. The van der Waals surface area contributed by atoms with Crippen molar-refractivity contribution >= 4 is 21.8 Å².